The molecular formula is C13H22N3O3. The van der Waals surface area contributed by atoms with Gasteiger partial charge < -0.3 is 15.0 Å². The van der Waals surface area contributed by atoms with Gasteiger partial charge in [0.15, 0.2) is 0 Å². The highest BCUT2D eigenvalue weighted by Crippen LogP contribution is 2.18. The number of ether oxygens (including phenoxy) is 1. The summed E-state index contributed by atoms with van der Waals surface area (Å²) in [6.45, 7) is 2.65. The molecule has 107 valence electrons. The monoisotopic (exact) mass is 268 g/mol. The lowest BCUT2D eigenvalue weighted by atomic mass is 10.1. The van der Waals surface area contributed by atoms with Gasteiger partial charge >= 0.3 is 5.97 Å². The molecule has 0 aliphatic carbocycles. The van der Waals surface area contributed by atoms with E-state index in [1.165, 1.54) is 7.11 Å². The van der Waals surface area contributed by atoms with Gasteiger partial charge in [0.1, 0.15) is 6.04 Å². The normalized spacial score (nSPS) is 27.3. The molecule has 6 heteroatoms. The van der Waals surface area contributed by atoms with Gasteiger partial charge in [-0.2, -0.15) is 0 Å². The van der Waals surface area contributed by atoms with Crippen molar-refractivity contribution in [3.63, 3.8) is 0 Å². The van der Waals surface area contributed by atoms with Crippen LogP contribution < -0.4 is 10.6 Å². The number of carbonyl (C=O) groups is 2. The number of rotatable bonds is 4. The number of piperidine rings is 1. The van der Waals surface area contributed by atoms with E-state index >= 15 is 0 Å². The molecule has 19 heavy (non-hydrogen) atoms. The average molecular weight is 268 g/mol. The Bertz CT molecular complexity index is 329. The van der Waals surface area contributed by atoms with Crippen LogP contribution in [0.5, 0.6) is 0 Å². The fraction of sp³-hybridized carbons (Fsp3) is 0.846. The predicted molar refractivity (Wildman–Crippen MR) is 69.6 cm³/mol. The Hall–Kier alpha value is -1.14. The van der Waals surface area contributed by atoms with Gasteiger partial charge in [0.05, 0.1) is 13.7 Å². The quantitative estimate of drug-likeness (QED) is 0.698. The number of nitrogens with zero attached hydrogens (tertiary/aromatic N) is 2. The van der Waals surface area contributed by atoms with Crippen LogP contribution in [-0.4, -0.2) is 62.1 Å². The van der Waals surface area contributed by atoms with Crippen molar-refractivity contribution in [3.8, 4) is 0 Å². The van der Waals surface area contributed by atoms with E-state index in [1.54, 1.807) is 4.90 Å². The second kappa shape index (κ2) is 6.86. The summed E-state index contributed by atoms with van der Waals surface area (Å²) in [6.07, 6.45) is 3.72. The molecular weight excluding hydrogens is 246 g/mol. The van der Waals surface area contributed by atoms with Gasteiger partial charge in [-0.3, -0.25) is 4.79 Å². The van der Waals surface area contributed by atoms with Crippen LogP contribution in [0.3, 0.4) is 0 Å². The Morgan fingerprint density at radius 2 is 2.21 bits per heavy atom. The SMILES string of the molecule is COC(=O)C1CCCN1C(=O)CNC1CCC[N]C1. The second-order valence-electron chi connectivity index (χ2n) is 5.12. The second-order valence-corrected chi connectivity index (χ2v) is 5.12. The zero-order valence-corrected chi connectivity index (χ0v) is 11.4. The molecule has 1 N–H and O–H groups in total. The number of carbonyl (C=O) groups excluding carboxylic acids is 2. The summed E-state index contributed by atoms with van der Waals surface area (Å²) in [6, 6.07) is -0.0905. The van der Waals surface area contributed by atoms with Crippen molar-refractivity contribution in [1.29, 1.82) is 0 Å². The third kappa shape index (κ3) is 3.67. The van der Waals surface area contributed by atoms with E-state index in [0.717, 1.165) is 32.4 Å². The van der Waals surface area contributed by atoms with Gasteiger partial charge in [0, 0.05) is 25.7 Å². The molecule has 2 saturated heterocycles. The van der Waals surface area contributed by atoms with Crippen LogP contribution in [0, 0.1) is 0 Å². The maximum atomic E-state index is 12.1. The van der Waals surface area contributed by atoms with Crippen molar-refractivity contribution in [1.82, 2.24) is 15.5 Å². The number of hydrogen-bond acceptors (Lipinski definition) is 4. The Labute approximate surface area is 113 Å². The summed E-state index contributed by atoms with van der Waals surface area (Å²) in [5.41, 5.74) is 0. The van der Waals surface area contributed by atoms with Gasteiger partial charge in [-0.05, 0) is 25.7 Å². The molecule has 1 radical (unpaired) electrons. The lowest BCUT2D eigenvalue weighted by Crippen LogP contribution is -2.48. The Morgan fingerprint density at radius 1 is 1.37 bits per heavy atom. The van der Waals surface area contributed by atoms with Crippen LogP contribution in [0.2, 0.25) is 0 Å². The lowest BCUT2D eigenvalue weighted by Gasteiger charge is -2.26. The minimum atomic E-state index is -0.393. The smallest absolute Gasteiger partial charge is 0.328 e. The molecule has 0 saturated carbocycles. The van der Waals surface area contributed by atoms with Crippen molar-refractivity contribution in [2.45, 2.75) is 37.8 Å². The molecule has 2 atom stereocenters. The predicted octanol–water partition coefficient (Wildman–Crippen LogP) is -0.493. The van der Waals surface area contributed by atoms with Crippen molar-refractivity contribution >= 4 is 11.9 Å². The molecule has 0 aromatic heterocycles. The highest BCUT2D eigenvalue weighted by Gasteiger charge is 2.34. The van der Waals surface area contributed by atoms with Crippen LogP contribution in [0.15, 0.2) is 0 Å². The standard InChI is InChI=1S/C13H22N3O3/c1-19-13(18)11-5-3-7-16(11)12(17)9-15-10-4-2-6-14-8-10/h10-11,15H,2-9H2,1H3. The van der Waals surface area contributed by atoms with Crippen LogP contribution in [-0.2, 0) is 14.3 Å². The van der Waals surface area contributed by atoms with E-state index < -0.39 is 6.04 Å². The first kappa shape index (κ1) is 14.3. The zero-order valence-electron chi connectivity index (χ0n) is 11.4. The first-order valence-corrected chi connectivity index (χ1v) is 6.96. The van der Waals surface area contributed by atoms with Gasteiger partial charge in [0.25, 0.3) is 0 Å². The minimum absolute atomic E-state index is 0.0153. The van der Waals surface area contributed by atoms with E-state index in [1.807, 2.05) is 0 Å². The fourth-order valence-electron chi connectivity index (χ4n) is 2.73. The summed E-state index contributed by atoms with van der Waals surface area (Å²) in [5.74, 6) is -0.322. The molecule has 0 aromatic carbocycles. The molecule has 0 aromatic rings. The molecule has 1 amide bonds. The Morgan fingerprint density at radius 3 is 2.89 bits per heavy atom. The maximum Gasteiger partial charge on any atom is 0.328 e. The molecule has 0 bridgehead atoms. The summed E-state index contributed by atoms with van der Waals surface area (Å²) >= 11 is 0. The number of hydrogen-bond donors (Lipinski definition) is 1. The molecule has 2 heterocycles. The van der Waals surface area contributed by atoms with Gasteiger partial charge in [-0.1, -0.05) is 0 Å². The summed E-state index contributed by atoms with van der Waals surface area (Å²) in [5, 5.41) is 7.57. The molecule has 2 rings (SSSR count). The van der Waals surface area contributed by atoms with Crippen LogP contribution in [0.4, 0.5) is 0 Å². The highest BCUT2D eigenvalue weighted by atomic mass is 16.5. The van der Waals surface area contributed by atoms with E-state index in [-0.39, 0.29) is 18.4 Å². The number of esters is 1. The number of nitrogens with one attached hydrogen (secondary N) is 1. The summed E-state index contributed by atoms with van der Waals surface area (Å²) in [7, 11) is 1.37. The van der Waals surface area contributed by atoms with Gasteiger partial charge in [0.2, 0.25) is 5.91 Å². The fourth-order valence-corrected chi connectivity index (χ4v) is 2.73. The van der Waals surface area contributed by atoms with Crippen LogP contribution in [0.25, 0.3) is 0 Å². The van der Waals surface area contributed by atoms with E-state index in [4.69, 9.17) is 4.74 Å². The third-order valence-electron chi connectivity index (χ3n) is 3.81. The maximum absolute atomic E-state index is 12.1. The van der Waals surface area contributed by atoms with Gasteiger partial charge in [-0.15, -0.1) is 0 Å². The first-order chi connectivity index (χ1) is 9.22. The third-order valence-corrected chi connectivity index (χ3v) is 3.81. The lowest BCUT2D eigenvalue weighted by molar-refractivity contribution is -0.150. The number of amides is 1. The molecule has 2 unspecified atom stereocenters. The van der Waals surface area contributed by atoms with E-state index in [0.29, 0.717) is 19.0 Å². The highest BCUT2D eigenvalue weighted by molar-refractivity contribution is 5.86. The van der Waals surface area contributed by atoms with Crippen LogP contribution in [0.1, 0.15) is 25.7 Å². The van der Waals surface area contributed by atoms with Crippen molar-refractivity contribution in [3.05, 3.63) is 0 Å². The van der Waals surface area contributed by atoms with Crippen LogP contribution >= 0.6 is 0 Å². The van der Waals surface area contributed by atoms with Crippen molar-refractivity contribution in [2.24, 2.45) is 0 Å². The summed E-state index contributed by atoms with van der Waals surface area (Å²) < 4.78 is 4.74. The average Bonchev–Trinajstić information content (AvgIpc) is 2.94. The Balaban J connectivity index is 1.79. The van der Waals surface area contributed by atoms with Gasteiger partial charge in [-0.25, -0.2) is 10.1 Å². The molecule has 0 spiro atoms. The minimum Gasteiger partial charge on any atom is -0.467 e. The molecule has 6 nitrogen and oxygen atoms in total. The zero-order chi connectivity index (χ0) is 13.7. The topological polar surface area (TPSA) is 72.7 Å². The number of likely N-dealkylation sites (tertiary alicyclic amines) is 1. The number of methoxy groups -OCH3 is 1. The summed E-state index contributed by atoms with van der Waals surface area (Å²) in [4.78, 5) is 25.4. The van der Waals surface area contributed by atoms with E-state index in [9.17, 15) is 9.59 Å². The molecule has 2 aliphatic rings. The molecule has 2 aliphatic heterocycles. The van der Waals surface area contributed by atoms with Crippen molar-refractivity contribution < 1.29 is 14.3 Å². The van der Waals surface area contributed by atoms with Crippen molar-refractivity contribution in [2.75, 3.05) is 33.3 Å². The largest absolute Gasteiger partial charge is 0.467 e. The molecule has 2 fully saturated rings. The Kier molecular flexibility index (Phi) is 5.15. The van der Waals surface area contributed by atoms with E-state index in [2.05, 4.69) is 10.6 Å². The first-order valence-electron chi connectivity index (χ1n) is 6.96.